The van der Waals surface area contributed by atoms with Crippen molar-refractivity contribution in [3.8, 4) is 22.6 Å². The number of fused-ring (bicyclic) bond motifs is 1. The van der Waals surface area contributed by atoms with Crippen LogP contribution in [-0.4, -0.2) is 16.1 Å². The molecule has 1 amide bonds. The number of aryl methyl sites for hydroxylation is 5. The summed E-state index contributed by atoms with van der Waals surface area (Å²) in [6.07, 6.45) is 0. The van der Waals surface area contributed by atoms with Crippen LogP contribution in [0.5, 0.6) is 11.5 Å². The second-order valence-corrected chi connectivity index (χ2v) is 9.75. The van der Waals surface area contributed by atoms with Gasteiger partial charge in [-0.1, -0.05) is 66.2 Å². The fraction of sp³-hybridized carbons (Fsp3) is 0.194. The van der Waals surface area contributed by atoms with Crippen LogP contribution in [0.15, 0.2) is 66.7 Å². The lowest BCUT2D eigenvalue weighted by molar-refractivity contribution is -0.118. The molecule has 0 spiro atoms. The number of carbonyl (C=O) groups is 1. The molecular weight excluding hydrogens is 434 g/mol. The Bertz CT molecular complexity index is 1400. The molecule has 0 aliphatic carbocycles. The van der Waals surface area contributed by atoms with Gasteiger partial charge < -0.3 is 15.5 Å². The second-order valence-electron chi connectivity index (χ2n) is 9.75. The largest absolute Gasteiger partial charge is 0.507 e. The van der Waals surface area contributed by atoms with Crippen LogP contribution in [0.25, 0.3) is 11.1 Å². The summed E-state index contributed by atoms with van der Waals surface area (Å²) < 4.78 is 0. The van der Waals surface area contributed by atoms with E-state index in [1.165, 1.54) is 5.56 Å². The van der Waals surface area contributed by atoms with E-state index in [0.29, 0.717) is 22.3 Å². The maximum Gasteiger partial charge on any atom is 0.244 e. The van der Waals surface area contributed by atoms with Gasteiger partial charge >= 0.3 is 0 Å². The minimum Gasteiger partial charge on any atom is -0.507 e. The highest BCUT2D eigenvalue weighted by molar-refractivity contribution is 6.12. The molecule has 0 atom stereocenters. The lowest BCUT2D eigenvalue weighted by atomic mass is 9.68. The van der Waals surface area contributed by atoms with Crippen molar-refractivity contribution < 1.29 is 15.0 Å². The Kier molecular flexibility index (Phi) is 5.21. The normalized spacial score (nSPS) is 14.0. The molecular formula is C31H29NO3. The van der Waals surface area contributed by atoms with Gasteiger partial charge in [-0.05, 0) is 85.2 Å². The third-order valence-corrected chi connectivity index (χ3v) is 7.25. The Labute approximate surface area is 205 Å². The van der Waals surface area contributed by atoms with Crippen molar-refractivity contribution in [2.24, 2.45) is 0 Å². The van der Waals surface area contributed by atoms with Gasteiger partial charge in [0.15, 0.2) is 0 Å². The molecule has 0 saturated carbocycles. The van der Waals surface area contributed by atoms with E-state index < -0.39 is 5.41 Å². The topological polar surface area (TPSA) is 69.6 Å². The first-order valence-corrected chi connectivity index (χ1v) is 11.8. The number of anilines is 1. The third-order valence-electron chi connectivity index (χ3n) is 7.25. The summed E-state index contributed by atoms with van der Waals surface area (Å²) in [6, 6.07) is 22.0. The predicted molar refractivity (Wildman–Crippen MR) is 140 cm³/mol. The Hall–Kier alpha value is -4.05. The Morgan fingerprint density at radius 1 is 0.629 bits per heavy atom. The molecule has 0 aromatic heterocycles. The van der Waals surface area contributed by atoms with Crippen molar-refractivity contribution in [3.05, 3.63) is 111 Å². The van der Waals surface area contributed by atoms with Crippen LogP contribution in [0.4, 0.5) is 5.69 Å². The highest BCUT2D eigenvalue weighted by Crippen LogP contribution is 2.50. The van der Waals surface area contributed by atoms with Gasteiger partial charge in [-0.3, -0.25) is 4.79 Å². The highest BCUT2D eigenvalue weighted by Gasteiger charge is 2.50. The molecule has 4 aromatic rings. The van der Waals surface area contributed by atoms with Gasteiger partial charge in [0.1, 0.15) is 16.9 Å². The van der Waals surface area contributed by atoms with Gasteiger partial charge in [0.25, 0.3) is 0 Å². The Morgan fingerprint density at radius 2 is 1.09 bits per heavy atom. The number of aromatic hydroxyl groups is 2. The summed E-state index contributed by atoms with van der Waals surface area (Å²) in [4.78, 5) is 14.0. The number of benzene rings is 4. The van der Waals surface area contributed by atoms with Crippen LogP contribution in [0.3, 0.4) is 0 Å². The van der Waals surface area contributed by atoms with Gasteiger partial charge in [0.05, 0.1) is 0 Å². The van der Waals surface area contributed by atoms with Crippen molar-refractivity contribution in [2.45, 2.75) is 40.0 Å². The molecule has 0 unspecified atom stereocenters. The van der Waals surface area contributed by atoms with Crippen molar-refractivity contribution in [1.82, 2.24) is 0 Å². The van der Waals surface area contributed by atoms with Crippen LogP contribution < -0.4 is 5.32 Å². The molecule has 3 N–H and O–H groups in total. The van der Waals surface area contributed by atoms with Gasteiger partial charge in [-0.15, -0.1) is 0 Å². The first kappa shape index (κ1) is 22.7. The minimum absolute atomic E-state index is 0.150. The SMILES string of the molecule is Cc1ccc(-c2ccc3c(c2)NC(=O)C3(c2cc(C)c(O)c(C)c2)c2cc(C)c(O)c(C)c2)cc1. The van der Waals surface area contributed by atoms with Gasteiger partial charge in [-0.2, -0.15) is 0 Å². The summed E-state index contributed by atoms with van der Waals surface area (Å²) in [5.74, 6) is 0.313. The number of carbonyl (C=O) groups excluding carboxylic acids is 1. The first-order chi connectivity index (χ1) is 16.6. The Morgan fingerprint density at radius 3 is 1.57 bits per heavy atom. The van der Waals surface area contributed by atoms with Crippen LogP contribution in [0, 0.1) is 34.6 Å². The molecule has 1 aliphatic heterocycles. The van der Waals surface area contributed by atoms with E-state index in [1.54, 1.807) is 0 Å². The molecule has 35 heavy (non-hydrogen) atoms. The lowest BCUT2D eigenvalue weighted by Gasteiger charge is -2.31. The van der Waals surface area contributed by atoms with E-state index >= 15 is 0 Å². The molecule has 0 fully saturated rings. The number of rotatable bonds is 3. The fourth-order valence-electron chi connectivity index (χ4n) is 5.32. The van der Waals surface area contributed by atoms with Crippen LogP contribution in [0.1, 0.15) is 44.5 Å². The third kappa shape index (κ3) is 3.40. The average Bonchev–Trinajstić information content (AvgIpc) is 3.12. The van der Waals surface area contributed by atoms with E-state index in [4.69, 9.17) is 0 Å². The van der Waals surface area contributed by atoms with Gasteiger partial charge in [0.2, 0.25) is 5.91 Å². The van der Waals surface area contributed by atoms with E-state index in [2.05, 4.69) is 42.6 Å². The zero-order valence-corrected chi connectivity index (χ0v) is 20.7. The van der Waals surface area contributed by atoms with E-state index in [9.17, 15) is 15.0 Å². The molecule has 5 rings (SSSR count). The standard InChI is InChI=1S/C31H29NO3/c1-17-6-8-22(9-7-17)23-10-11-26-27(16-23)32-30(35)31(26,24-12-18(2)28(33)19(3)13-24)25-14-20(4)29(34)21(5)15-25/h6-16,33-34H,1-5H3,(H,32,35). The zero-order valence-electron chi connectivity index (χ0n) is 20.7. The number of nitrogens with one attached hydrogen (secondary N) is 1. The molecule has 0 saturated heterocycles. The Balaban J connectivity index is 1.81. The van der Waals surface area contributed by atoms with Crippen LogP contribution >= 0.6 is 0 Å². The number of hydrogen-bond donors (Lipinski definition) is 3. The van der Waals surface area contributed by atoms with Gasteiger partial charge in [-0.25, -0.2) is 0 Å². The summed E-state index contributed by atoms with van der Waals surface area (Å²) in [5, 5.41) is 24.1. The molecule has 0 bridgehead atoms. The number of hydrogen-bond acceptors (Lipinski definition) is 3. The molecule has 4 nitrogen and oxygen atoms in total. The molecule has 1 aliphatic rings. The number of phenols is 2. The quantitative estimate of drug-likeness (QED) is 0.321. The summed E-state index contributed by atoms with van der Waals surface area (Å²) in [7, 11) is 0. The van der Waals surface area contributed by atoms with Crippen LogP contribution in [-0.2, 0) is 10.2 Å². The fourth-order valence-corrected chi connectivity index (χ4v) is 5.32. The number of phenolic OH excluding ortho intramolecular Hbond substituents is 2. The van der Waals surface area contributed by atoms with Crippen molar-refractivity contribution in [2.75, 3.05) is 5.32 Å². The molecule has 4 aromatic carbocycles. The second kappa shape index (κ2) is 8.02. The molecule has 176 valence electrons. The van der Waals surface area contributed by atoms with E-state index in [0.717, 1.165) is 33.5 Å². The van der Waals surface area contributed by atoms with Crippen molar-refractivity contribution in [1.29, 1.82) is 0 Å². The lowest BCUT2D eigenvalue weighted by Crippen LogP contribution is -2.37. The van der Waals surface area contributed by atoms with Gasteiger partial charge in [0, 0.05) is 11.3 Å². The maximum atomic E-state index is 14.0. The van der Waals surface area contributed by atoms with Crippen molar-refractivity contribution in [3.63, 3.8) is 0 Å². The molecule has 0 radical (unpaired) electrons. The number of amides is 1. The van der Waals surface area contributed by atoms with E-state index in [-0.39, 0.29) is 17.4 Å². The highest BCUT2D eigenvalue weighted by atomic mass is 16.3. The summed E-state index contributed by atoms with van der Waals surface area (Å²) in [5.41, 5.74) is 8.22. The monoisotopic (exact) mass is 463 g/mol. The maximum absolute atomic E-state index is 14.0. The van der Waals surface area contributed by atoms with Crippen molar-refractivity contribution >= 4 is 11.6 Å². The zero-order chi connectivity index (χ0) is 25.1. The predicted octanol–water partition coefficient (Wildman–Crippen LogP) is 6.59. The smallest absolute Gasteiger partial charge is 0.244 e. The first-order valence-electron chi connectivity index (χ1n) is 11.8. The summed E-state index contributed by atoms with van der Waals surface area (Å²) in [6.45, 7) is 9.45. The summed E-state index contributed by atoms with van der Waals surface area (Å²) >= 11 is 0. The average molecular weight is 464 g/mol. The van der Waals surface area contributed by atoms with Crippen LogP contribution in [0.2, 0.25) is 0 Å². The molecule has 4 heteroatoms. The minimum atomic E-state index is -1.12. The van der Waals surface area contributed by atoms with E-state index in [1.807, 2.05) is 64.1 Å². The molecule has 1 heterocycles.